The molecule has 5 aromatic carbocycles. The van der Waals surface area contributed by atoms with E-state index in [1.807, 2.05) is 36.4 Å². The summed E-state index contributed by atoms with van der Waals surface area (Å²) in [5, 5.41) is 3.98. The largest absolute Gasteiger partial charge is 0.493 e. The first-order chi connectivity index (χ1) is 30.3. The maximum absolute atomic E-state index is 13.8. The smallest absolute Gasteiger partial charge is 0.411 e. The maximum atomic E-state index is 13.8. The molecular formula is C54H62N2O6. The lowest BCUT2D eigenvalue weighted by Gasteiger charge is -2.24. The molecule has 0 saturated heterocycles. The molecule has 1 aliphatic rings. The SMILES string of the molecule is CCCOc1c2cccc1Cc1cccc(c1OCCC)Cc1c(OCCC)c(cc3nc(C(C)C)cc(NC(=O)OCc4ccccc4)c13)Cc1cccc(c1OCCC)C2. The molecule has 0 fully saturated rings. The summed E-state index contributed by atoms with van der Waals surface area (Å²) in [6, 6.07) is 33.3. The highest BCUT2D eigenvalue weighted by Gasteiger charge is 2.26. The predicted octanol–water partition coefficient (Wildman–Crippen LogP) is 12.9. The van der Waals surface area contributed by atoms with Crippen molar-refractivity contribution in [2.75, 3.05) is 31.7 Å². The number of carbonyl (C=O) groups is 1. The van der Waals surface area contributed by atoms with Crippen LogP contribution in [0.15, 0.2) is 97.1 Å². The number of nitrogens with one attached hydrogen (secondary N) is 1. The Labute approximate surface area is 367 Å². The van der Waals surface area contributed by atoms with Crippen molar-refractivity contribution in [2.45, 2.75) is 105 Å². The molecule has 8 heteroatoms. The molecule has 0 radical (unpaired) electrons. The van der Waals surface area contributed by atoms with Crippen LogP contribution in [0, 0.1) is 0 Å². The van der Waals surface area contributed by atoms with E-state index in [0.29, 0.717) is 57.8 Å². The molecule has 8 nitrogen and oxygen atoms in total. The van der Waals surface area contributed by atoms with Gasteiger partial charge in [0.1, 0.15) is 29.6 Å². The van der Waals surface area contributed by atoms with Crippen LogP contribution in [0.5, 0.6) is 23.0 Å². The van der Waals surface area contributed by atoms with Crippen LogP contribution in [0.2, 0.25) is 0 Å². The van der Waals surface area contributed by atoms with Gasteiger partial charge < -0.3 is 23.7 Å². The van der Waals surface area contributed by atoms with Gasteiger partial charge >= 0.3 is 6.09 Å². The number of fused-ring (bicyclic) bond motifs is 10. The van der Waals surface area contributed by atoms with Gasteiger partial charge in [-0.05, 0) is 82.7 Å². The number of amides is 1. The number of ether oxygens (including phenoxy) is 5. The third-order valence-electron chi connectivity index (χ3n) is 11.1. The highest BCUT2D eigenvalue weighted by atomic mass is 16.5. The number of carbonyl (C=O) groups excluding carboxylic acids is 1. The molecule has 0 unspecified atom stereocenters. The van der Waals surface area contributed by atoms with E-state index in [-0.39, 0.29) is 12.5 Å². The monoisotopic (exact) mass is 834 g/mol. The summed E-state index contributed by atoms with van der Waals surface area (Å²) in [5.41, 5.74) is 11.6. The summed E-state index contributed by atoms with van der Waals surface area (Å²) < 4.78 is 32.9. The number of pyridine rings is 1. The van der Waals surface area contributed by atoms with E-state index in [9.17, 15) is 4.79 Å². The second-order valence-corrected chi connectivity index (χ2v) is 16.5. The molecule has 324 valence electrons. The predicted molar refractivity (Wildman–Crippen MR) is 250 cm³/mol. The second kappa shape index (κ2) is 21.2. The molecule has 8 bridgehead atoms. The van der Waals surface area contributed by atoms with Crippen molar-refractivity contribution >= 4 is 22.7 Å². The van der Waals surface area contributed by atoms with Gasteiger partial charge in [0.25, 0.3) is 0 Å². The molecule has 7 rings (SSSR count). The Hall–Kier alpha value is -6.02. The van der Waals surface area contributed by atoms with Crippen LogP contribution in [-0.2, 0) is 37.0 Å². The van der Waals surface area contributed by atoms with Gasteiger partial charge in [0, 0.05) is 47.9 Å². The van der Waals surface area contributed by atoms with Gasteiger partial charge in [-0.2, -0.15) is 0 Å². The Bertz CT molecular complexity index is 2460. The van der Waals surface area contributed by atoms with E-state index in [2.05, 4.69) is 108 Å². The van der Waals surface area contributed by atoms with Crippen molar-refractivity contribution in [3.8, 4) is 23.0 Å². The lowest BCUT2D eigenvalue weighted by Crippen LogP contribution is -2.16. The van der Waals surface area contributed by atoms with Crippen LogP contribution < -0.4 is 24.3 Å². The summed E-state index contributed by atoms with van der Waals surface area (Å²) in [7, 11) is 0. The van der Waals surface area contributed by atoms with Crippen LogP contribution >= 0.6 is 0 Å². The normalized spacial score (nSPS) is 12.2. The fourth-order valence-corrected chi connectivity index (χ4v) is 8.22. The van der Waals surface area contributed by atoms with Gasteiger partial charge in [0.2, 0.25) is 0 Å². The Morgan fingerprint density at radius 2 is 1.02 bits per heavy atom. The summed E-state index contributed by atoms with van der Waals surface area (Å²) in [6.07, 6.45) is 5.20. The van der Waals surface area contributed by atoms with Crippen molar-refractivity contribution < 1.29 is 28.5 Å². The zero-order valence-electron chi connectivity index (χ0n) is 37.4. The number of para-hydroxylation sites is 3. The first-order valence-electron chi connectivity index (χ1n) is 22.6. The van der Waals surface area contributed by atoms with Crippen molar-refractivity contribution in [1.82, 2.24) is 4.98 Å². The molecule has 0 spiro atoms. The van der Waals surface area contributed by atoms with E-state index in [1.165, 1.54) is 0 Å². The van der Waals surface area contributed by atoms with Gasteiger partial charge in [-0.3, -0.25) is 10.3 Å². The first kappa shape index (κ1) is 44.0. The number of benzene rings is 5. The third kappa shape index (κ3) is 10.4. The van der Waals surface area contributed by atoms with Crippen LogP contribution in [-0.4, -0.2) is 37.5 Å². The van der Waals surface area contributed by atoms with Crippen molar-refractivity contribution in [1.29, 1.82) is 0 Å². The van der Waals surface area contributed by atoms with E-state index in [1.54, 1.807) is 0 Å². The minimum atomic E-state index is -0.539. The maximum Gasteiger partial charge on any atom is 0.411 e. The molecule has 1 aromatic heterocycles. The van der Waals surface area contributed by atoms with Gasteiger partial charge in [-0.1, -0.05) is 126 Å². The molecule has 1 heterocycles. The standard InChI is InChI=1S/C54H62N2O6/c1-7-25-58-50-38-19-14-20-39(50)30-41-22-16-24-43(52(41)60-27-9-3)32-45-49-47(55-46(36(5)6)34-48(49)56-54(57)62-35-37-17-12-11-13-18-37)33-44(53(45)61-28-10-4)31-42-23-15-21-40(29-38)51(42)59-26-8-2/h11-24,33-34,36H,7-10,25-32,35H2,1-6H3,(H,55,56,57). The number of hydrogen-bond acceptors (Lipinski definition) is 7. The van der Waals surface area contributed by atoms with Gasteiger partial charge in [0.05, 0.1) is 37.6 Å². The number of nitrogens with zero attached hydrogens (tertiary/aromatic N) is 1. The van der Waals surface area contributed by atoms with Crippen LogP contribution in [0.4, 0.5) is 10.5 Å². The Kier molecular flexibility index (Phi) is 15.0. The Balaban J connectivity index is 1.50. The van der Waals surface area contributed by atoms with E-state index in [0.717, 1.165) is 115 Å². The zero-order chi connectivity index (χ0) is 43.4. The number of aromatic nitrogens is 1. The molecule has 0 aliphatic heterocycles. The number of anilines is 1. The molecule has 1 aliphatic carbocycles. The quantitative estimate of drug-likeness (QED) is 0.104. The Morgan fingerprint density at radius 1 is 0.565 bits per heavy atom. The summed E-state index contributed by atoms with van der Waals surface area (Å²) in [5.74, 6) is 3.55. The molecule has 0 atom stereocenters. The first-order valence-corrected chi connectivity index (χ1v) is 22.6. The highest BCUT2D eigenvalue weighted by molar-refractivity contribution is 6.02. The van der Waals surface area contributed by atoms with Gasteiger partial charge in [0.15, 0.2) is 0 Å². The summed E-state index contributed by atoms with van der Waals surface area (Å²) in [6.45, 7) is 15.2. The van der Waals surface area contributed by atoms with Gasteiger partial charge in [-0.15, -0.1) is 0 Å². The fourth-order valence-electron chi connectivity index (χ4n) is 8.22. The summed E-state index contributed by atoms with van der Waals surface area (Å²) >= 11 is 0. The fraction of sp³-hybridized carbons (Fsp3) is 0.370. The van der Waals surface area contributed by atoms with Crippen LogP contribution in [0.25, 0.3) is 10.9 Å². The highest BCUT2D eigenvalue weighted by Crippen LogP contribution is 2.43. The average Bonchev–Trinajstić information content (AvgIpc) is 3.27. The Morgan fingerprint density at radius 3 is 1.48 bits per heavy atom. The summed E-state index contributed by atoms with van der Waals surface area (Å²) in [4.78, 5) is 19.1. The van der Waals surface area contributed by atoms with Crippen LogP contribution in [0.3, 0.4) is 0 Å². The molecule has 6 aromatic rings. The van der Waals surface area contributed by atoms with E-state index >= 15 is 0 Å². The van der Waals surface area contributed by atoms with E-state index < -0.39 is 6.09 Å². The van der Waals surface area contributed by atoms with Crippen molar-refractivity contribution in [3.63, 3.8) is 0 Å². The van der Waals surface area contributed by atoms with Crippen molar-refractivity contribution in [3.05, 3.63) is 153 Å². The van der Waals surface area contributed by atoms with E-state index in [4.69, 9.17) is 28.7 Å². The second-order valence-electron chi connectivity index (χ2n) is 16.5. The number of rotatable bonds is 16. The number of hydrogen-bond donors (Lipinski definition) is 1. The molecule has 62 heavy (non-hydrogen) atoms. The molecule has 1 amide bonds. The lowest BCUT2D eigenvalue weighted by atomic mass is 9.89. The minimum Gasteiger partial charge on any atom is -0.493 e. The molecule has 0 saturated carbocycles. The molecular weight excluding hydrogens is 773 g/mol. The zero-order valence-corrected chi connectivity index (χ0v) is 37.4. The average molecular weight is 835 g/mol. The van der Waals surface area contributed by atoms with Crippen molar-refractivity contribution in [2.24, 2.45) is 0 Å². The minimum absolute atomic E-state index is 0.0912. The van der Waals surface area contributed by atoms with Gasteiger partial charge in [-0.25, -0.2) is 4.79 Å². The lowest BCUT2D eigenvalue weighted by molar-refractivity contribution is 0.155. The topological polar surface area (TPSA) is 88.1 Å². The molecule has 1 N–H and O–H groups in total. The third-order valence-corrected chi connectivity index (χ3v) is 11.1. The van der Waals surface area contributed by atoms with Crippen LogP contribution in [0.1, 0.15) is 129 Å².